The molecule has 0 spiro atoms. The highest BCUT2D eigenvalue weighted by Crippen LogP contribution is 2.41. The first-order valence-corrected chi connectivity index (χ1v) is 7.46. The average molecular weight is 300 g/mol. The van der Waals surface area contributed by atoms with Crippen LogP contribution in [0, 0.1) is 0 Å². The maximum absolute atomic E-state index is 12.0. The van der Waals surface area contributed by atoms with E-state index < -0.39 is 12.1 Å². The number of nitrogens with zero attached hydrogens (tertiary/aromatic N) is 1. The summed E-state index contributed by atoms with van der Waals surface area (Å²) in [5.41, 5.74) is 5.80. The second-order valence-electron chi connectivity index (χ2n) is 6.45. The van der Waals surface area contributed by atoms with Gasteiger partial charge in [-0.2, -0.15) is 0 Å². The Labute approximate surface area is 124 Å². The van der Waals surface area contributed by atoms with Crippen molar-refractivity contribution in [2.45, 2.75) is 70.2 Å². The molecule has 0 aliphatic carbocycles. The minimum absolute atomic E-state index is 0.0120. The SMILES string of the molecule is CC(=O)N1CC(C)O[C@@H]2O[C@H](CN)[C@@H]3OC(C)(C)O[C@@H]3[C@@H]21. The Morgan fingerprint density at radius 2 is 1.95 bits per heavy atom. The number of morpholine rings is 1. The van der Waals surface area contributed by atoms with Gasteiger partial charge in [0, 0.05) is 20.0 Å². The van der Waals surface area contributed by atoms with Gasteiger partial charge in [0.05, 0.1) is 6.10 Å². The zero-order chi connectivity index (χ0) is 15.4. The number of fused-ring (bicyclic) bond motifs is 3. The molecule has 3 fully saturated rings. The van der Waals surface area contributed by atoms with E-state index in [-0.39, 0.29) is 36.4 Å². The molecule has 2 N–H and O–H groups in total. The van der Waals surface area contributed by atoms with Crippen LogP contribution in [-0.4, -0.2) is 66.4 Å². The molecular formula is C14H24N2O5. The van der Waals surface area contributed by atoms with Crippen molar-refractivity contribution in [1.82, 2.24) is 4.90 Å². The lowest BCUT2D eigenvalue weighted by Crippen LogP contribution is -2.68. The van der Waals surface area contributed by atoms with Gasteiger partial charge in [0.25, 0.3) is 0 Å². The van der Waals surface area contributed by atoms with Gasteiger partial charge in [-0.25, -0.2) is 0 Å². The molecular weight excluding hydrogens is 276 g/mol. The summed E-state index contributed by atoms with van der Waals surface area (Å²) in [6, 6.07) is -0.298. The van der Waals surface area contributed by atoms with Crippen molar-refractivity contribution in [1.29, 1.82) is 0 Å². The first-order valence-electron chi connectivity index (χ1n) is 7.46. The van der Waals surface area contributed by atoms with E-state index >= 15 is 0 Å². The van der Waals surface area contributed by atoms with Crippen LogP contribution >= 0.6 is 0 Å². The van der Waals surface area contributed by atoms with Crippen molar-refractivity contribution < 1.29 is 23.7 Å². The smallest absolute Gasteiger partial charge is 0.220 e. The second kappa shape index (κ2) is 5.17. The van der Waals surface area contributed by atoms with E-state index in [2.05, 4.69) is 0 Å². The molecule has 0 radical (unpaired) electrons. The third kappa shape index (κ3) is 2.57. The maximum atomic E-state index is 12.0. The molecule has 3 rings (SSSR count). The summed E-state index contributed by atoms with van der Waals surface area (Å²) in [5.74, 6) is -0.728. The fourth-order valence-corrected chi connectivity index (χ4v) is 3.49. The summed E-state index contributed by atoms with van der Waals surface area (Å²) < 4.78 is 23.8. The van der Waals surface area contributed by atoms with Gasteiger partial charge in [-0.05, 0) is 20.8 Å². The van der Waals surface area contributed by atoms with E-state index in [1.54, 1.807) is 11.8 Å². The van der Waals surface area contributed by atoms with Crippen LogP contribution in [0.5, 0.6) is 0 Å². The maximum Gasteiger partial charge on any atom is 0.220 e. The highest BCUT2D eigenvalue weighted by molar-refractivity contribution is 5.74. The molecule has 0 aromatic heterocycles. The molecule has 0 bridgehead atoms. The van der Waals surface area contributed by atoms with Crippen molar-refractivity contribution in [3.8, 4) is 0 Å². The lowest BCUT2D eigenvalue weighted by atomic mass is 9.94. The Kier molecular flexibility index (Phi) is 3.74. The van der Waals surface area contributed by atoms with Gasteiger partial charge in [-0.1, -0.05) is 0 Å². The largest absolute Gasteiger partial charge is 0.346 e. The molecule has 120 valence electrons. The third-order valence-corrected chi connectivity index (χ3v) is 4.27. The molecule has 7 heteroatoms. The number of hydrogen-bond acceptors (Lipinski definition) is 6. The average Bonchev–Trinajstić information content (AvgIpc) is 2.71. The summed E-state index contributed by atoms with van der Waals surface area (Å²) in [7, 11) is 0. The summed E-state index contributed by atoms with van der Waals surface area (Å²) in [6.07, 6.45) is -1.48. The van der Waals surface area contributed by atoms with Crippen LogP contribution in [0.3, 0.4) is 0 Å². The van der Waals surface area contributed by atoms with Gasteiger partial charge in [0.2, 0.25) is 5.91 Å². The third-order valence-electron chi connectivity index (χ3n) is 4.27. The molecule has 21 heavy (non-hydrogen) atoms. The van der Waals surface area contributed by atoms with Gasteiger partial charge in [0.15, 0.2) is 12.1 Å². The summed E-state index contributed by atoms with van der Waals surface area (Å²) >= 11 is 0. The van der Waals surface area contributed by atoms with Crippen molar-refractivity contribution in [3.63, 3.8) is 0 Å². The Bertz CT molecular complexity index is 430. The summed E-state index contributed by atoms with van der Waals surface area (Å²) in [6.45, 7) is 8.05. The van der Waals surface area contributed by atoms with Crippen LogP contribution < -0.4 is 5.73 Å². The standard InChI is InChI=1S/C14H24N2O5/c1-7-6-16(8(2)17)10-12-11(20-14(3,4)21-12)9(5-15)19-13(10)18-7/h7,9-13H,5-6,15H2,1-4H3/t7?,9-,10+,11+,12-,13-/m1/s1. The van der Waals surface area contributed by atoms with Gasteiger partial charge < -0.3 is 29.6 Å². The lowest BCUT2D eigenvalue weighted by Gasteiger charge is -2.50. The normalized spacial score (nSPS) is 45.1. The van der Waals surface area contributed by atoms with Crippen LogP contribution in [0.15, 0.2) is 0 Å². The van der Waals surface area contributed by atoms with E-state index in [0.717, 1.165) is 0 Å². The monoisotopic (exact) mass is 300 g/mol. The molecule has 0 aromatic rings. The number of carbonyl (C=O) groups is 1. The van der Waals surface area contributed by atoms with Crippen LogP contribution in [-0.2, 0) is 23.7 Å². The highest BCUT2D eigenvalue weighted by atomic mass is 16.8. The summed E-state index contributed by atoms with van der Waals surface area (Å²) in [4.78, 5) is 13.8. The van der Waals surface area contributed by atoms with Gasteiger partial charge >= 0.3 is 0 Å². The molecule has 1 unspecified atom stereocenters. The number of carbonyl (C=O) groups excluding carboxylic acids is 1. The number of ether oxygens (including phenoxy) is 4. The first kappa shape index (κ1) is 15.2. The quantitative estimate of drug-likeness (QED) is 0.723. The number of amides is 1. The van der Waals surface area contributed by atoms with Crippen LogP contribution in [0.4, 0.5) is 0 Å². The molecule has 0 saturated carbocycles. The van der Waals surface area contributed by atoms with E-state index in [9.17, 15) is 4.79 Å². The van der Waals surface area contributed by atoms with Crippen LogP contribution in [0.2, 0.25) is 0 Å². The first-order chi connectivity index (χ1) is 9.82. The Morgan fingerprint density at radius 3 is 2.57 bits per heavy atom. The molecule has 3 heterocycles. The van der Waals surface area contributed by atoms with Crippen molar-refractivity contribution in [3.05, 3.63) is 0 Å². The van der Waals surface area contributed by atoms with E-state index in [1.165, 1.54) is 0 Å². The zero-order valence-corrected chi connectivity index (χ0v) is 12.9. The Hall–Kier alpha value is -0.730. The molecule has 6 atom stereocenters. The van der Waals surface area contributed by atoms with E-state index in [0.29, 0.717) is 13.1 Å². The van der Waals surface area contributed by atoms with Gasteiger partial charge in [-0.3, -0.25) is 4.79 Å². The molecule has 1 amide bonds. The van der Waals surface area contributed by atoms with E-state index in [4.69, 9.17) is 24.7 Å². The molecule has 3 saturated heterocycles. The lowest BCUT2D eigenvalue weighted by molar-refractivity contribution is -0.293. The second-order valence-corrected chi connectivity index (χ2v) is 6.45. The number of nitrogens with two attached hydrogens (primary N) is 1. The predicted octanol–water partition coefficient (Wildman–Crippen LogP) is -0.174. The number of hydrogen-bond donors (Lipinski definition) is 1. The fraction of sp³-hybridized carbons (Fsp3) is 0.929. The topological polar surface area (TPSA) is 83.3 Å². The molecule has 3 aliphatic rings. The van der Waals surface area contributed by atoms with Crippen molar-refractivity contribution in [2.75, 3.05) is 13.1 Å². The van der Waals surface area contributed by atoms with Crippen molar-refractivity contribution in [2.24, 2.45) is 5.73 Å². The summed E-state index contributed by atoms with van der Waals surface area (Å²) in [5, 5.41) is 0. The molecule has 7 nitrogen and oxygen atoms in total. The fourth-order valence-electron chi connectivity index (χ4n) is 3.49. The molecule has 0 aromatic carbocycles. The van der Waals surface area contributed by atoms with Crippen molar-refractivity contribution >= 4 is 5.91 Å². The highest BCUT2D eigenvalue weighted by Gasteiger charge is 2.58. The predicted molar refractivity (Wildman–Crippen MR) is 73.3 cm³/mol. The van der Waals surface area contributed by atoms with Crippen LogP contribution in [0.1, 0.15) is 27.7 Å². The minimum atomic E-state index is -0.716. The molecule has 3 aliphatic heterocycles. The van der Waals surface area contributed by atoms with Gasteiger partial charge in [-0.15, -0.1) is 0 Å². The van der Waals surface area contributed by atoms with E-state index in [1.807, 2.05) is 20.8 Å². The zero-order valence-electron chi connectivity index (χ0n) is 12.9. The number of rotatable bonds is 1. The minimum Gasteiger partial charge on any atom is -0.346 e. The van der Waals surface area contributed by atoms with Crippen LogP contribution in [0.25, 0.3) is 0 Å². The Morgan fingerprint density at radius 1 is 1.29 bits per heavy atom. The Balaban J connectivity index is 1.92. The van der Waals surface area contributed by atoms with Gasteiger partial charge in [0.1, 0.15) is 24.4 Å².